The molecule has 1 N–H and O–H groups in total. The molecule has 0 amide bonds. The van der Waals surface area contributed by atoms with Gasteiger partial charge in [0, 0.05) is 32.4 Å². The second-order valence-corrected chi connectivity index (χ2v) is 6.45. The van der Waals surface area contributed by atoms with Crippen molar-refractivity contribution in [3.63, 3.8) is 0 Å². The van der Waals surface area contributed by atoms with Crippen molar-refractivity contribution in [2.75, 3.05) is 0 Å². The Labute approximate surface area is 174 Å². The van der Waals surface area contributed by atoms with Gasteiger partial charge in [-0.3, -0.25) is 4.79 Å². The number of fused-ring (bicyclic) bond motifs is 1. The summed E-state index contributed by atoms with van der Waals surface area (Å²) in [6.45, 7) is 9.20. The summed E-state index contributed by atoms with van der Waals surface area (Å²) < 4.78 is 0. The van der Waals surface area contributed by atoms with E-state index in [2.05, 4.69) is 56.1 Å². The van der Waals surface area contributed by atoms with E-state index in [1.54, 1.807) is 0 Å². The van der Waals surface area contributed by atoms with Crippen LogP contribution in [0.3, 0.4) is 0 Å². The van der Waals surface area contributed by atoms with E-state index in [1.807, 2.05) is 18.3 Å². The fourth-order valence-electron chi connectivity index (χ4n) is 2.87. The molecule has 0 bridgehead atoms. The van der Waals surface area contributed by atoms with Gasteiger partial charge in [-0.2, -0.15) is 0 Å². The Balaban J connectivity index is 0.000000395. The average molecular weight is 539 g/mol. The Morgan fingerprint density at radius 2 is 1.81 bits per heavy atom. The maximum absolute atomic E-state index is 10.0. The summed E-state index contributed by atoms with van der Waals surface area (Å²) in [7, 11) is 0. The van der Waals surface area contributed by atoms with Crippen LogP contribution in [0, 0.1) is 26.8 Å². The third-order valence-electron chi connectivity index (χ3n) is 3.98. The molecule has 143 valence electrons. The molecule has 0 fully saturated rings. The molecule has 0 aliphatic carbocycles. The van der Waals surface area contributed by atoms with Crippen molar-refractivity contribution in [2.45, 2.75) is 34.6 Å². The molecular formula is C23H24IrNO2-. The molecule has 0 saturated heterocycles. The number of pyridine rings is 1. The second-order valence-electron chi connectivity index (χ2n) is 6.45. The first kappa shape index (κ1) is 22.7. The Morgan fingerprint density at radius 1 is 1.15 bits per heavy atom. The summed E-state index contributed by atoms with van der Waals surface area (Å²) in [5, 5.41) is 10.8. The SMILES string of the molecule is CC(=O)/C=C(/C)O.Cc1c[c-]c(-c2ncc3ccccc3c2C)c(C)c1.[Ir]. The van der Waals surface area contributed by atoms with Crippen LogP contribution >= 0.6 is 0 Å². The van der Waals surface area contributed by atoms with Gasteiger partial charge in [-0.05, 0) is 37.2 Å². The molecule has 1 radical (unpaired) electrons. The first-order valence-corrected chi connectivity index (χ1v) is 8.51. The van der Waals surface area contributed by atoms with Gasteiger partial charge in [0.05, 0.1) is 5.76 Å². The molecule has 0 saturated carbocycles. The molecule has 0 unspecified atom stereocenters. The number of carbonyl (C=O) groups excluding carboxylic acids is 1. The fourth-order valence-corrected chi connectivity index (χ4v) is 2.87. The van der Waals surface area contributed by atoms with E-state index < -0.39 is 0 Å². The van der Waals surface area contributed by atoms with Crippen molar-refractivity contribution in [1.82, 2.24) is 4.98 Å². The molecule has 0 spiro atoms. The summed E-state index contributed by atoms with van der Waals surface area (Å²) >= 11 is 0. The zero-order chi connectivity index (χ0) is 19.3. The molecule has 1 heterocycles. The Kier molecular flexibility index (Phi) is 8.55. The topological polar surface area (TPSA) is 50.2 Å². The predicted molar refractivity (Wildman–Crippen MR) is 107 cm³/mol. The number of rotatable bonds is 2. The van der Waals surface area contributed by atoms with Gasteiger partial charge < -0.3 is 10.1 Å². The fraction of sp³-hybridized carbons (Fsp3) is 0.217. The number of nitrogens with zero attached hydrogens (tertiary/aromatic N) is 1. The van der Waals surface area contributed by atoms with Crippen LogP contribution in [0.1, 0.15) is 30.5 Å². The normalized spacial score (nSPS) is 10.6. The van der Waals surface area contributed by atoms with E-state index in [0.29, 0.717) is 0 Å². The smallest absolute Gasteiger partial charge is 0.155 e. The quantitative estimate of drug-likeness (QED) is 0.260. The minimum atomic E-state index is -0.125. The Bertz CT molecular complexity index is 973. The van der Waals surface area contributed by atoms with Crippen LogP contribution in [0.2, 0.25) is 0 Å². The largest absolute Gasteiger partial charge is 0.512 e. The van der Waals surface area contributed by atoms with Crippen molar-refractivity contribution in [3.05, 3.63) is 77.2 Å². The summed E-state index contributed by atoms with van der Waals surface area (Å²) in [6.07, 6.45) is 3.12. The summed E-state index contributed by atoms with van der Waals surface area (Å²) in [5.41, 5.74) is 5.83. The summed E-state index contributed by atoms with van der Waals surface area (Å²) in [4.78, 5) is 14.7. The van der Waals surface area contributed by atoms with Crippen LogP contribution in [0.15, 0.2) is 54.4 Å². The average Bonchev–Trinajstić information content (AvgIpc) is 2.56. The molecule has 0 atom stereocenters. The third kappa shape index (κ3) is 6.13. The molecule has 3 nitrogen and oxygen atoms in total. The third-order valence-corrected chi connectivity index (χ3v) is 3.98. The number of hydrogen-bond donors (Lipinski definition) is 1. The number of aryl methyl sites for hydroxylation is 3. The number of hydrogen-bond acceptors (Lipinski definition) is 3. The van der Waals surface area contributed by atoms with Gasteiger partial charge in [-0.1, -0.05) is 43.7 Å². The summed E-state index contributed by atoms with van der Waals surface area (Å²) in [5.74, 6) is -0.0625. The second kappa shape index (κ2) is 10.1. The number of benzene rings is 2. The van der Waals surface area contributed by atoms with E-state index in [9.17, 15) is 4.79 Å². The van der Waals surface area contributed by atoms with E-state index in [1.165, 1.54) is 47.4 Å². The molecule has 0 aliphatic heterocycles. The van der Waals surface area contributed by atoms with E-state index in [4.69, 9.17) is 5.11 Å². The molecule has 4 heteroatoms. The van der Waals surface area contributed by atoms with E-state index >= 15 is 0 Å². The Hall–Kier alpha value is -2.29. The monoisotopic (exact) mass is 539 g/mol. The minimum absolute atomic E-state index is 0. The van der Waals surface area contributed by atoms with Crippen molar-refractivity contribution < 1.29 is 30.0 Å². The molecule has 1 aromatic heterocycles. The zero-order valence-corrected chi connectivity index (χ0v) is 18.6. The van der Waals surface area contributed by atoms with Crippen LogP contribution < -0.4 is 0 Å². The molecule has 3 rings (SSSR count). The number of carbonyl (C=O) groups is 1. The molecule has 27 heavy (non-hydrogen) atoms. The number of aliphatic hydroxyl groups excluding tert-OH is 1. The van der Waals surface area contributed by atoms with Gasteiger partial charge in [-0.25, -0.2) is 0 Å². The molecule has 3 aromatic rings. The standard InChI is InChI=1S/C18H16N.C5H8O2.Ir/c1-12-8-9-16(13(2)10-12)18-14(3)17-7-5-4-6-15(17)11-19-18;1-4(6)3-5(2)7;/h4-8,10-11H,1-3H3;3,6H,1-2H3;/q-1;;/b;4-3-;. The number of aliphatic hydroxyl groups is 1. The van der Waals surface area contributed by atoms with Crippen LogP contribution in [0.5, 0.6) is 0 Å². The number of allylic oxidation sites excluding steroid dienone is 2. The van der Waals surface area contributed by atoms with Gasteiger partial charge in [0.2, 0.25) is 0 Å². The Morgan fingerprint density at radius 3 is 2.37 bits per heavy atom. The van der Waals surface area contributed by atoms with Crippen molar-refractivity contribution in [2.24, 2.45) is 0 Å². The van der Waals surface area contributed by atoms with Crippen LogP contribution in [0.25, 0.3) is 22.0 Å². The van der Waals surface area contributed by atoms with Gasteiger partial charge >= 0.3 is 0 Å². The number of aromatic nitrogens is 1. The first-order valence-electron chi connectivity index (χ1n) is 8.51. The summed E-state index contributed by atoms with van der Waals surface area (Å²) in [6, 6.07) is 15.9. The van der Waals surface area contributed by atoms with Gasteiger partial charge in [0.25, 0.3) is 0 Å². The van der Waals surface area contributed by atoms with Crippen LogP contribution in [0.4, 0.5) is 0 Å². The first-order chi connectivity index (χ1) is 12.3. The van der Waals surface area contributed by atoms with Gasteiger partial charge in [-0.15, -0.1) is 34.9 Å². The van der Waals surface area contributed by atoms with Crippen molar-refractivity contribution in [1.29, 1.82) is 0 Å². The van der Waals surface area contributed by atoms with E-state index in [-0.39, 0.29) is 31.6 Å². The minimum Gasteiger partial charge on any atom is -0.512 e. The molecular weight excluding hydrogens is 514 g/mol. The van der Waals surface area contributed by atoms with Crippen LogP contribution in [-0.2, 0) is 24.9 Å². The number of ketones is 1. The molecule has 0 aliphatic rings. The van der Waals surface area contributed by atoms with Gasteiger partial charge in [0.15, 0.2) is 5.78 Å². The van der Waals surface area contributed by atoms with E-state index in [0.717, 1.165) is 11.3 Å². The van der Waals surface area contributed by atoms with Crippen molar-refractivity contribution >= 4 is 16.6 Å². The zero-order valence-electron chi connectivity index (χ0n) is 16.3. The van der Waals surface area contributed by atoms with Crippen molar-refractivity contribution in [3.8, 4) is 11.3 Å². The maximum Gasteiger partial charge on any atom is 0.155 e. The predicted octanol–water partition coefficient (Wildman–Crippen LogP) is 5.66. The molecule has 2 aromatic carbocycles. The maximum atomic E-state index is 10.0. The van der Waals surface area contributed by atoms with Crippen LogP contribution in [-0.4, -0.2) is 15.9 Å². The van der Waals surface area contributed by atoms with Gasteiger partial charge in [0.1, 0.15) is 0 Å².